The topological polar surface area (TPSA) is 72.4 Å². The number of nitro benzene ring substituents is 1. The summed E-state index contributed by atoms with van der Waals surface area (Å²) >= 11 is 0. The van der Waals surface area contributed by atoms with Gasteiger partial charge in [-0.2, -0.15) is 0 Å². The first kappa shape index (κ1) is 11.1. The third-order valence-corrected chi connectivity index (χ3v) is 2.24. The number of rotatable bonds is 3. The summed E-state index contributed by atoms with van der Waals surface area (Å²) in [6, 6.07) is 6.65. The molecule has 0 amide bonds. The van der Waals surface area contributed by atoms with Crippen LogP contribution in [0.5, 0.6) is 0 Å². The zero-order valence-electron chi connectivity index (χ0n) is 9.45. The molecule has 88 valence electrons. The number of hydrogen-bond acceptors (Lipinski definition) is 5. The second-order valence-corrected chi connectivity index (χ2v) is 3.71. The summed E-state index contributed by atoms with van der Waals surface area (Å²) in [5, 5.41) is 10.5. The van der Waals surface area contributed by atoms with E-state index in [4.69, 9.17) is 4.42 Å². The number of hydrogen-bond donors (Lipinski definition) is 0. The number of non-ortho nitro benzene ring substituents is 1. The van der Waals surface area contributed by atoms with Gasteiger partial charge in [0.1, 0.15) is 0 Å². The van der Waals surface area contributed by atoms with E-state index in [2.05, 4.69) is 4.98 Å². The molecule has 1 aromatic heterocycles. The summed E-state index contributed by atoms with van der Waals surface area (Å²) in [4.78, 5) is 15.9. The van der Waals surface area contributed by atoms with E-state index in [1.54, 1.807) is 23.2 Å². The molecule has 0 unspecified atom stereocenters. The molecule has 0 atom stereocenters. The van der Waals surface area contributed by atoms with E-state index < -0.39 is 4.92 Å². The number of anilines is 1. The highest BCUT2D eigenvalue weighted by molar-refractivity contribution is 5.59. The minimum absolute atomic E-state index is 0.0566. The fourth-order valence-corrected chi connectivity index (χ4v) is 1.35. The minimum Gasteiger partial charge on any atom is -0.423 e. The van der Waals surface area contributed by atoms with Crippen LogP contribution in [0.15, 0.2) is 34.9 Å². The van der Waals surface area contributed by atoms with Crippen LogP contribution in [-0.2, 0) is 0 Å². The van der Waals surface area contributed by atoms with Gasteiger partial charge in [0, 0.05) is 31.8 Å². The molecule has 2 aromatic rings. The van der Waals surface area contributed by atoms with Gasteiger partial charge in [-0.15, -0.1) is 0 Å². The Labute approximate surface area is 97.6 Å². The fourth-order valence-electron chi connectivity index (χ4n) is 1.35. The van der Waals surface area contributed by atoms with E-state index in [9.17, 15) is 10.1 Å². The van der Waals surface area contributed by atoms with Crippen molar-refractivity contribution < 1.29 is 9.34 Å². The van der Waals surface area contributed by atoms with Crippen LogP contribution in [0.3, 0.4) is 0 Å². The standard InChI is InChI=1S/C11H11N3O3/c1-13(2)11-12-7-10(17-11)8-3-5-9(6-4-8)14(15)16/h3-7H,1-2H3. The fraction of sp³-hybridized carbons (Fsp3) is 0.182. The third kappa shape index (κ3) is 2.25. The van der Waals surface area contributed by atoms with Crippen LogP contribution >= 0.6 is 0 Å². The molecular formula is C11H11N3O3. The first-order valence-corrected chi connectivity index (χ1v) is 4.96. The highest BCUT2D eigenvalue weighted by Gasteiger charge is 2.09. The smallest absolute Gasteiger partial charge is 0.297 e. The normalized spacial score (nSPS) is 10.2. The van der Waals surface area contributed by atoms with Crippen molar-refractivity contribution in [2.75, 3.05) is 19.0 Å². The Balaban J connectivity index is 2.30. The van der Waals surface area contributed by atoms with Crippen molar-refractivity contribution in [2.45, 2.75) is 0 Å². The molecule has 1 aromatic carbocycles. The molecule has 6 nitrogen and oxygen atoms in total. The van der Waals surface area contributed by atoms with Crippen LogP contribution in [0.25, 0.3) is 11.3 Å². The first-order valence-electron chi connectivity index (χ1n) is 4.96. The number of oxazole rings is 1. The van der Waals surface area contributed by atoms with E-state index in [1.807, 2.05) is 14.1 Å². The molecule has 1 heterocycles. The maximum Gasteiger partial charge on any atom is 0.297 e. The summed E-state index contributed by atoms with van der Waals surface area (Å²) in [5.74, 6) is 0.587. The summed E-state index contributed by atoms with van der Waals surface area (Å²) in [6.07, 6.45) is 1.59. The summed E-state index contributed by atoms with van der Waals surface area (Å²) in [7, 11) is 3.65. The van der Waals surface area contributed by atoms with Crippen LogP contribution in [0, 0.1) is 10.1 Å². The van der Waals surface area contributed by atoms with E-state index in [1.165, 1.54) is 12.1 Å². The first-order chi connectivity index (χ1) is 8.08. The summed E-state index contributed by atoms with van der Waals surface area (Å²) in [5.41, 5.74) is 0.817. The Hall–Kier alpha value is -2.37. The number of nitro groups is 1. The van der Waals surface area contributed by atoms with Gasteiger partial charge in [0.05, 0.1) is 11.1 Å². The molecule has 0 radical (unpaired) electrons. The molecule has 0 aliphatic heterocycles. The Morgan fingerprint density at radius 1 is 1.29 bits per heavy atom. The van der Waals surface area contributed by atoms with Crippen molar-refractivity contribution in [3.63, 3.8) is 0 Å². The van der Waals surface area contributed by atoms with Crippen molar-refractivity contribution in [3.8, 4) is 11.3 Å². The molecule has 6 heteroatoms. The number of aromatic nitrogens is 1. The predicted molar refractivity (Wildman–Crippen MR) is 62.9 cm³/mol. The Bertz CT molecular complexity index is 531. The molecule has 0 fully saturated rings. The van der Waals surface area contributed by atoms with Crippen molar-refractivity contribution in [1.82, 2.24) is 4.98 Å². The molecule has 0 spiro atoms. The second-order valence-electron chi connectivity index (χ2n) is 3.71. The van der Waals surface area contributed by atoms with Gasteiger partial charge in [-0.3, -0.25) is 10.1 Å². The van der Waals surface area contributed by atoms with Crippen molar-refractivity contribution in [1.29, 1.82) is 0 Å². The summed E-state index contributed by atoms with van der Waals surface area (Å²) < 4.78 is 5.48. The molecular weight excluding hydrogens is 222 g/mol. The molecule has 0 aliphatic carbocycles. The maximum atomic E-state index is 10.5. The lowest BCUT2D eigenvalue weighted by molar-refractivity contribution is -0.384. The van der Waals surface area contributed by atoms with Gasteiger partial charge in [0.25, 0.3) is 11.7 Å². The number of nitrogens with zero attached hydrogens (tertiary/aromatic N) is 3. The predicted octanol–water partition coefficient (Wildman–Crippen LogP) is 2.32. The van der Waals surface area contributed by atoms with E-state index >= 15 is 0 Å². The second kappa shape index (κ2) is 4.25. The molecule has 0 saturated heterocycles. The average molecular weight is 233 g/mol. The van der Waals surface area contributed by atoms with Crippen LogP contribution < -0.4 is 4.90 Å². The van der Waals surface area contributed by atoms with Crippen molar-refractivity contribution >= 4 is 11.7 Å². The van der Waals surface area contributed by atoms with Gasteiger partial charge in [-0.05, 0) is 12.1 Å². The van der Waals surface area contributed by atoms with E-state index in [0.717, 1.165) is 5.56 Å². The SMILES string of the molecule is CN(C)c1ncc(-c2ccc([N+](=O)[O-])cc2)o1. The van der Waals surface area contributed by atoms with Crippen LogP contribution in [0.2, 0.25) is 0 Å². The van der Waals surface area contributed by atoms with Crippen LogP contribution in [0.1, 0.15) is 0 Å². The lowest BCUT2D eigenvalue weighted by Gasteiger charge is -2.04. The molecule has 0 saturated carbocycles. The van der Waals surface area contributed by atoms with Gasteiger partial charge in [0.15, 0.2) is 5.76 Å². The van der Waals surface area contributed by atoms with Gasteiger partial charge >= 0.3 is 0 Å². The highest BCUT2D eigenvalue weighted by Crippen LogP contribution is 2.25. The minimum atomic E-state index is -0.435. The molecule has 17 heavy (non-hydrogen) atoms. The summed E-state index contributed by atoms with van der Waals surface area (Å²) in [6.45, 7) is 0. The van der Waals surface area contributed by atoms with Crippen LogP contribution in [0.4, 0.5) is 11.7 Å². The van der Waals surface area contributed by atoms with Gasteiger partial charge in [-0.25, -0.2) is 4.98 Å². The Kier molecular flexibility index (Phi) is 2.78. The zero-order valence-corrected chi connectivity index (χ0v) is 9.45. The Morgan fingerprint density at radius 3 is 2.41 bits per heavy atom. The molecule has 2 rings (SSSR count). The molecule has 0 N–H and O–H groups in total. The quantitative estimate of drug-likeness (QED) is 0.600. The van der Waals surface area contributed by atoms with Crippen LogP contribution in [-0.4, -0.2) is 24.0 Å². The molecule has 0 aliphatic rings. The van der Waals surface area contributed by atoms with Gasteiger partial charge in [0.2, 0.25) is 0 Å². The lowest BCUT2D eigenvalue weighted by Crippen LogP contribution is -2.08. The maximum absolute atomic E-state index is 10.5. The zero-order chi connectivity index (χ0) is 12.4. The van der Waals surface area contributed by atoms with Crippen molar-refractivity contribution in [3.05, 3.63) is 40.6 Å². The van der Waals surface area contributed by atoms with Crippen molar-refractivity contribution in [2.24, 2.45) is 0 Å². The Morgan fingerprint density at radius 2 is 1.94 bits per heavy atom. The highest BCUT2D eigenvalue weighted by atomic mass is 16.6. The molecule has 0 bridgehead atoms. The number of benzene rings is 1. The van der Waals surface area contributed by atoms with Gasteiger partial charge in [-0.1, -0.05) is 0 Å². The monoisotopic (exact) mass is 233 g/mol. The van der Waals surface area contributed by atoms with E-state index in [0.29, 0.717) is 11.8 Å². The largest absolute Gasteiger partial charge is 0.423 e. The van der Waals surface area contributed by atoms with E-state index in [-0.39, 0.29) is 5.69 Å². The van der Waals surface area contributed by atoms with Gasteiger partial charge < -0.3 is 9.32 Å². The third-order valence-electron chi connectivity index (χ3n) is 2.24. The average Bonchev–Trinajstić information content (AvgIpc) is 2.78. The lowest BCUT2D eigenvalue weighted by atomic mass is 10.2.